The standard InChI is InChI=1S/C33H30N2O7/c1-31(2)15-24(36)22-10-9-19(14-25(22)41-31)40-13-12-33-16-26(37)32(3,42-33)27-28(33)30(39)35(29(27)38)23-11-8-18(17-34)20-6-4-5-7-21(20)23/h4-11,14,26,37-39H,12-13,15-16H2,1-3H3/t26-,32-,33+/m0/s1. The Morgan fingerprint density at radius 1 is 1.05 bits per heavy atom. The van der Waals surface area contributed by atoms with Gasteiger partial charge in [-0.2, -0.15) is 5.26 Å². The second-order valence-electron chi connectivity index (χ2n) is 12.2. The number of Topliss-reactive ketones (excluding diaryl/α,β-unsaturated/α-hetero) is 1. The molecule has 0 unspecified atom stereocenters. The van der Waals surface area contributed by atoms with Crippen LogP contribution in [0, 0.1) is 11.3 Å². The lowest BCUT2D eigenvalue weighted by Crippen LogP contribution is -2.35. The van der Waals surface area contributed by atoms with E-state index in [9.17, 15) is 25.4 Å². The number of hydrogen-bond acceptors (Lipinski definition) is 8. The average molecular weight is 567 g/mol. The van der Waals surface area contributed by atoms with Gasteiger partial charge < -0.3 is 29.5 Å². The summed E-state index contributed by atoms with van der Waals surface area (Å²) in [5.74, 6) is 0.609. The summed E-state index contributed by atoms with van der Waals surface area (Å²) in [6.45, 7) is 5.62. The average Bonchev–Trinajstić information content (AvgIpc) is 3.48. The third-order valence-corrected chi connectivity index (χ3v) is 8.90. The summed E-state index contributed by atoms with van der Waals surface area (Å²) in [5, 5.41) is 45.3. The molecule has 1 saturated heterocycles. The second-order valence-corrected chi connectivity index (χ2v) is 12.2. The third kappa shape index (κ3) is 3.58. The van der Waals surface area contributed by atoms with Crippen LogP contribution in [-0.4, -0.2) is 44.0 Å². The fourth-order valence-electron chi connectivity index (χ4n) is 6.98. The van der Waals surface area contributed by atoms with Gasteiger partial charge >= 0.3 is 0 Å². The van der Waals surface area contributed by atoms with Gasteiger partial charge in [0.2, 0.25) is 11.8 Å². The molecule has 3 N–H and O–H groups in total. The van der Waals surface area contributed by atoms with E-state index in [-0.39, 0.29) is 37.0 Å². The number of ether oxygens (including phenoxy) is 3. The fourth-order valence-corrected chi connectivity index (χ4v) is 6.98. The Kier molecular flexibility index (Phi) is 5.49. The van der Waals surface area contributed by atoms with E-state index in [4.69, 9.17) is 14.2 Å². The number of ketones is 1. The molecular weight excluding hydrogens is 536 g/mol. The highest BCUT2D eigenvalue weighted by molar-refractivity contribution is 6.00. The van der Waals surface area contributed by atoms with E-state index >= 15 is 0 Å². The molecule has 214 valence electrons. The minimum atomic E-state index is -1.24. The number of benzene rings is 3. The minimum absolute atomic E-state index is 0.0210. The van der Waals surface area contributed by atoms with Crippen molar-refractivity contribution in [2.24, 2.45) is 0 Å². The van der Waals surface area contributed by atoms with Crippen molar-refractivity contribution in [3.05, 3.63) is 76.9 Å². The van der Waals surface area contributed by atoms with Crippen LogP contribution in [0.2, 0.25) is 0 Å². The zero-order valence-electron chi connectivity index (χ0n) is 23.5. The van der Waals surface area contributed by atoms with Crippen LogP contribution >= 0.6 is 0 Å². The van der Waals surface area contributed by atoms with Gasteiger partial charge in [0, 0.05) is 29.7 Å². The number of hydrogen-bond donors (Lipinski definition) is 3. The van der Waals surface area contributed by atoms with Crippen molar-refractivity contribution in [3.63, 3.8) is 0 Å². The smallest absolute Gasteiger partial charge is 0.205 e. The normalized spacial score (nSPS) is 25.1. The molecule has 4 aromatic rings. The zero-order valence-corrected chi connectivity index (χ0v) is 23.5. The first kappa shape index (κ1) is 26.4. The number of fused-ring (bicyclic) bond motifs is 7. The van der Waals surface area contributed by atoms with E-state index in [0.29, 0.717) is 56.6 Å². The van der Waals surface area contributed by atoms with Gasteiger partial charge in [-0.15, -0.1) is 0 Å². The van der Waals surface area contributed by atoms with E-state index in [1.807, 2.05) is 38.1 Å². The van der Waals surface area contributed by atoms with Crippen LogP contribution in [0.1, 0.15) is 67.1 Å². The number of carbonyl (C=O) groups is 1. The number of nitriles is 1. The summed E-state index contributed by atoms with van der Waals surface area (Å²) < 4.78 is 19.9. The molecule has 7 rings (SSSR count). The largest absolute Gasteiger partial charge is 0.494 e. The van der Waals surface area contributed by atoms with E-state index in [0.717, 1.165) is 0 Å². The maximum atomic E-state index is 12.5. The van der Waals surface area contributed by atoms with Gasteiger partial charge in [0.1, 0.15) is 28.3 Å². The first-order valence-electron chi connectivity index (χ1n) is 14.0. The molecule has 0 radical (unpaired) electrons. The van der Waals surface area contributed by atoms with E-state index in [1.165, 1.54) is 4.57 Å². The van der Waals surface area contributed by atoms with Crippen LogP contribution in [-0.2, 0) is 15.9 Å². The lowest BCUT2D eigenvalue weighted by molar-refractivity contribution is -0.107. The lowest BCUT2D eigenvalue weighted by atomic mass is 9.76. The van der Waals surface area contributed by atoms with Crippen LogP contribution in [0.15, 0.2) is 54.6 Å². The summed E-state index contributed by atoms with van der Waals surface area (Å²) in [7, 11) is 0. The van der Waals surface area contributed by atoms with E-state index in [1.54, 1.807) is 37.3 Å². The van der Waals surface area contributed by atoms with E-state index in [2.05, 4.69) is 6.07 Å². The molecule has 1 fully saturated rings. The number of aliphatic hydroxyl groups is 1. The number of rotatable bonds is 5. The van der Waals surface area contributed by atoms with Crippen LogP contribution in [0.3, 0.4) is 0 Å². The molecule has 3 aliphatic rings. The van der Waals surface area contributed by atoms with Crippen molar-refractivity contribution < 1.29 is 34.3 Å². The number of aliphatic hydroxyl groups excluding tert-OH is 1. The Balaban J connectivity index is 1.24. The van der Waals surface area contributed by atoms with Gasteiger partial charge in [0.05, 0.1) is 53.1 Å². The highest BCUT2D eigenvalue weighted by Gasteiger charge is 2.66. The maximum Gasteiger partial charge on any atom is 0.205 e. The molecular formula is C33H30N2O7. The van der Waals surface area contributed by atoms with Crippen molar-refractivity contribution in [2.45, 2.75) is 62.9 Å². The van der Waals surface area contributed by atoms with E-state index < -0.39 is 22.9 Å². The Morgan fingerprint density at radius 3 is 2.55 bits per heavy atom. The first-order chi connectivity index (χ1) is 20.0. The molecule has 3 aliphatic heterocycles. The van der Waals surface area contributed by atoms with Gasteiger partial charge in [-0.3, -0.25) is 9.36 Å². The van der Waals surface area contributed by atoms with Crippen molar-refractivity contribution in [1.82, 2.24) is 4.57 Å². The van der Waals surface area contributed by atoms with Crippen LogP contribution in [0.5, 0.6) is 23.3 Å². The van der Waals surface area contributed by atoms with Crippen molar-refractivity contribution in [1.29, 1.82) is 5.26 Å². The van der Waals surface area contributed by atoms with Crippen molar-refractivity contribution in [2.75, 3.05) is 6.61 Å². The topological polar surface area (TPSA) is 134 Å². The van der Waals surface area contributed by atoms with Gasteiger partial charge in [-0.05, 0) is 45.0 Å². The zero-order chi connectivity index (χ0) is 29.6. The Bertz CT molecular complexity index is 1850. The Labute approximate surface area is 242 Å². The van der Waals surface area contributed by atoms with Crippen LogP contribution < -0.4 is 9.47 Å². The highest BCUT2D eigenvalue weighted by Crippen LogP contribution is 2.65. The molecule has 42 heavy (non-hydrogen) atoms. The predicted octanol–water partition coefficient (Wildman–Crippen LogP) is 5.33. The Morgan fingerprint density at radius 2 is 1.79 bits per heavy atom. The highest BCUT2D eigenvalue weighted by atomic mass is 16.6. The number of aromatic nitrogens is 1. The Hall–Kier alpha value is -4.52. The molecule has 3 aromatic carbocycles. The van der Waals surface area contributed by atoms with Gasteiger partial charge in [-0.25, -0.2) is 0 Å². The first-order valence-corrected chi connectivity index (χ1v) is 14.0. The number of carbonyl (C=O) groups excluding carboxylic acids is 1. The van der Waals surface area contributed by atoms with Crippen LogP contribution in [0.25, 0.3) is 16.5 Å². The molecule has 9 heteroatoms. The molecule has 0 aliphatic carbocycles. The molecule has 3 atom stereocenters. The SMILES string of the molecule is CC1(C)CC(=O)c2ccc(OCC[C@]34C[C@H](O)[C@](C)(O3)c3c4c(O)n(-c4ccc(C#N)c5ccccc45)c3O)cc2O1. The quantitative estimate of drug-likeness (QED) is 0.295. The molecule has 0 spiro atoms. The molecule has 0 saturated carbocycles. The molecule has 4 heterocycles. The summed E-state index contributed by atoms with van der Waals surface area (Å²) in [6, 6.07) is 18.0. The van der Waals surface area contributed by atoms with Crippen LogP contribution in [0.4, 0.5) is 0 Å². The summed E-state index contributed by atoms with van der Waals surface area (Å²) in [6.07, 6.45) is -0.131. The summed E-state index contributed by atoms with van der Waals surface area (Å²) >= 11 is 0. The predicted molar refractivity (Wildman–Crippen MR) is 152 cm³/mol. The summed E-state index contributed by atoms with van der Waals surface area (Å²) in [4.78, 5) is 12.5. The molecule has 9 nitrogen and oxygen atoms in total. The summed E-state index contributed by atoms with van der Waals surface area (Å²) in [5.41, 5.74) is -0.681. The number of nitrogens with zero attached hydrogens (tertiary/aromatic N) is 2. The monoisotopic (exact) mass is 566 g/mol. The fraction of sp³-hybridized carbons (Fsp3) is 0.333. The van der Waals surface area contributed by atoms with Gasteiger partial charge in [0.25, 0.3) is 0 Å². The maximum absolute atomic E-state index is 12.5. The van der Waals surface area contributed by atoms with Crippen molar-refractivity contribution >= 4 is 16.6 Å². The third-order valence-electron chi connectivity index (χ3n) is 8.90. The molecule has 0 amide bonds. The molecule has 2 bridgehead atoms. The minimum Gasteiger partial charge on any atom is -0.494 e. The number of aromatic hydroxyl groups is 2. The second kappa shape index (κ2) is 8.74. The lowest BCUT2D eigenvalue weighted by Gasteiger charge is -2.31. The van der Waals surface area contributed by atoms with Gasteiger partial charge in [-0.1, -0.05) is 24.3 Å². The van der Waals surface area contributed by atoms with Crippen molar-refractivity contribution in [3.8, 4) is 35.0 Å². The molecule has 1 aromatic heterocycles. The van der Waals surface area contributed by atoms with Gasteiger partial charge in [0.15, 0.2) is 5.78 Å².